The summed E-state index contributed by atoms with van der Waals surface area (Å²) in [5.41, 5.74) is 4.49. The lowest BCUT2D eigenvalue weighted by Gasteiger charge is -2.35. The van der Waals surface area contributed by atoms with Crippen LogP contribution < -0.4 is 16.7 Å². The molecule has 0 radical (unpaired) electrons. The van der Waals surface area contributed by atoms with Crippen LogP contribution in [0.25, 0.3) is 0 Å². The van der Waals surface area contributed by atoms with E-state index in [2.05, 4.69) is 14.8 Å². The van der Waals surface area contributed by atoms with Gasteiger partial charge in [0, 0.05) is 12.6 Å². The standard InChI is InChI=1S/C21H34N5O16P/c22-5-13(30)25-15(9(28)1-2-14(31)32)19(16(33)10(29)6-27)39-8-41-43(37,38)40-7-11-17(34)18(35)20(42-11)26-4-3-12(23)24-21(26)36/h3-5,9-11,15-20,22,27-29,33-35H,1-2,6-8H2,(H,25,30)(H,31,32)(H,37,38)(H2,23,24,36)/t9?,10-,11-,15?,16-,17+,18+,19?,20-/m1/s1. The Morgan fingerprint density at radius 2 is 1.91 bits per heavy atom. The fourth-order valence-corrected chi connectivity index (χ4v) is 4.50. The maximum Gasteiger partial charge on any atom is 0.474 e. The van der Waals surface area contributed by atoms with Crippen molar-refractivity contribution >= 4 is 31.7 Å². The van der Waals surface area contributed by atoms with Crippen molar-refractivity contribution in [2.24, 2.45) is 0 Å². The van der Waals surface area contributed by atoms with Gasteiger partial charge in [0.25, 0.3) is 5.91 Å². The predicted molar refractivity (Wildman–Crippen MR) is 138 cm³/mol. The Labute approximate surface area is 242 Å². The molecule has 1 fully saturated rings. The zero-order valence-corrected chi connectivity index (χ0v) is 23.1. The number of hydrogen-bond acceptors (Lipinski definition) is 17. The molecule has 22 heteroatoms. The minimum absolute atomic E-state index is 0.117. The van der Waals surface area contributed by atoms with E-state index < -0.39 is 113 Å². The van der Waals surface area contributed by atoms with Gasteiger partial charge in [-0.3, -0.25) is 23.2 Å². The summed E-state index contributed by atoms with van der Waals surface area (Å²) in [6.07, 6.45) is -13.8. The third kappa shape index (κ3) is 10.3. The maximum absolute atomic E-state index is 12.4. The van der Waals surface area contributed by atoms with Crippen LogP contribution in [-0.4, -0.2) is 137 Å². The van der Waals surface area contributed by atoms with Gasteiger partial charge in [-0.2, -0.15) is 4.98 Å². The molecule has 0 aromatic carbocycles. The van der Waals surface area contributed by atoms with Crippen molar-refractivity contribution in [1.82, 2.24) is 14.9 Å². The van der Waals surface area contributed by atoms with Crippen molar-refractivity contribution in [2.45, 2.75) is 67.8 Å². The number of nitrogen functional groups attached to an aromatic ring is 1. The molecule has 2 rings (SSSR count). The highest BCUT2D eigenvalue weighted by Crippen LogP contribution is 2.44. The summed E-state index contributed by atoms with van der Waals surface area (Å²) in [5, 5.41) is 78.6. The van der Waals surface area contributed by atoms with Gasteiger partial charge in [-0.15, -0.1) is 0 Å². The van der Waals surface area contributed by atoms with E-state index in [0.717, 1.165) is 10.8 Å². The van der Waals surface area contributed by atoms with Crippen LogP contribution in [0.2, 0.25) is 0 Å². The normalized spacial score (nSPS) is 25.2. The van der Waals surface area contributed by atoms with Gasteiger partial charge in [0.15, 0.2) is 13.0 Å². The monoisotopic (exact) mass is 643 g/mol. The third-order valence-corrected chi connectivity index (χ3v) is 7.03. The number of carboxylic acid groups (broad SMARTS) is 1. The second-order valence-electron chi connectivity index (χ2n) is 9.15. The Morgan fingerprint density at radius 3 is 2.49 bits per heavy atom. The molecular weight excluding hydrogens is 609 g/mol. The first kappa shape index (κ1) is 36.3. The highest BCUT2D eigenvalue weighted by atomic mass is 31.2. The number of phosphoric acid groups is 1. The van der Waals surface area contributed by atoms with Crippen molar-refractivity contribution in [1.29, 1.82) is 5.41 Å². The number of nitrogens with one attached hydrogen (secondary N) is 2. The fourth-order valence-electron chi connectivity index (χ4n) is 3.89. The molecule has 1 amide bonds. The van der Waals surface area contributed by atoms with Crippen molar-refractivity contribution < 1.29 is 73.3 Å². The van der Waals surface area contributed by atoms with Crippen LogP contribution in [0.5, 0.6) is 0 Å². The van der Waals surface area contributed by atoms with Gasteiger partial charge < -0.3 is 66.6 Å². The number of aromatic nitrogens is 2. The molecule has 1 aromatic rings. The number of anilines is 1. The number of carbonyl (C=O) groups excluding carboxylic acids is 1. The fraction of sp³-hybridized carbons (Fsp3) is 0.667. The minimum Gasteiger partial charge on any atom is -0.481 e. The molecule has 4 unspecified atom stereocenters. The van der Waals surface area contributed by atoms with Crippen LogP contribution in [0.15, 0.2) is 17.1 Å². The first-order valence-corrected chi connectivity index (χ1v) is 13.9. The number of carbonyl (C=O) groups is 2. The number of hydrogen-bond donors (Lipinski definition) is 11. The Bertz CT molecular complexity index is 1200. The summed E-state index contributed by atoms with van der Waals surface area (Å²) in [6.45, 7) is -3.15. The molecule has 0 spiro atoms. The van der Waals surface area contributed by atoms with Crippen LogP contribution in [0, 0.1) is 5.41 Å². The lowest BCUT2D eigenvalue weighted by molar-refractivity contribution is -0.159. The molecule has 1 aliphatic heterocycles. The lowest BCUT2D eigenvalue weighted by Crippen LogP contribution is -2.59. The smallest absolute Gasteiger partial charge is 0.474 e. The Hall–Kier alpha value is -2.92. The minimum atomic E-state index is -5.08. The van der Waals surface area contributed by atoms with E-state index in [0.29, 0.717) is 0 Å². The topological polar surface area (TPSA) is 347 Å². The largest absolute Gasteiger partial charge is 0.481 e. The van der Waals surface area contributed by atoms with Gasteiger partial charge in [-0.05, 0) is 12.5 Å². The number of aliphatic carboxylic acids is 1. The van der Waals surface area contributed by atoms with Gasteiger partial charge >= 0.3 is 19.5 Å². The average molecular weight is 643 g/mol. The summed E-state index contributed by atoms with van der Waals surface area (Å²) in [4.78, 5) is 48.3. The number of rotatable bonds is 18. The van der Waals surface area contributed by atoms with Crippen molar-refractivity contribution in [3.63, 3.8) is 0 Å². The number of ether oxygens (including phenoxy) is 2. The van der Waals surface area contributed by atoms with Gasteiger partial charge in [-0.25, -0.2) is 9.36 Å². The first-order chi connectivity index (χ1) is 20.1. The van der Waals surface area contributed by atoms with Crippen molar-refractivity contribution in [3.8, 4) is 0 Å². The third-order valence-electron chi connectivity index (χ3n) is 6.12. The van der Waals surface area contributed by atoms with Gasteiger partial charge in [0.1, 0.15) is 42.4 Å². The molecule has 0 bridgehead atoms. The van der Waals surface area contributed by atoms with Crippen molar-refractivity contribution in [2.75, 3.05) is 25.7 Å². The molecule has 10 atom stereocenters. The molecule has 0 aliphatic carbocycles. The van der Waals surface area contributed by atoms with Gasteiger partial charge in [-0.1, -0.05) is 0 Å². The van der Waals surface area contributed by atoms with E-state index in [4.69, 9.17) is 30.2 Å². The summed E-state index contributed by atoms with van der Waals surface area (Å²) in [6, 6.07) is -0.515. The molecule has 1 aliphatic rings. The summed E-state index contributed by atoms with van der Waals surface area (Å²) in [7, 11) is -5.08. The highest BCUT2D eigenvalue weighted by Gasteiger charge is 2.45. The van der Waals surface area contributed by atoms with Gasteiger partial charge in [0.2, 0.25) is 0 Å². The van der Waals surface area contributed by atoms with Crippen LogP contribution in [0.4, 0.5) is 5.82 Å². The van der Waals surface area contributed by atoms with E-state index in [9.17, 15) is 54.5 Å². The Morgan fingerprint density at radius 1 is 1.23 bits per heavy atom. The number of phosphoric ester groups is 1. The molecule has 1 saturated heterocycles. The van der Waals surface area contributed by atoms with E-state index in [1.165, 1.54) is 6.07 Å². The van der Waals surface area contributed by atoms with Crippen molar-refractivity contribution in [3.05, 3.63) is 22.7 Å². The van der Waals surface area contributed by atoms with E-state index in [-0.39, 0.29) is 12.0 Å². The average Bonchev–Trinajstić information content (AvgIpc) is 3.23. The van der Waals surface area contributed by atoms with E-state index in [1.807, 2.05) is 0 Å². The number of nitrogens with zero attached hydrogens (tertiary/aromatic N) is 2. The summed E-state index contributed by atoms with van der Waals surface area (Å²) >= 11 is 0. The summed E-state index contributed by atoms with van der Waals surface area (Å²) < 4.78 is 33.2. The van der Waals surface area contributed by atoms with E-state index >= 15 is 0 Å². The number of amides is 1. The number of nitrogens with two attached hydrogens (primary N) is 1. The number of aliphatic hydroxyl groups is 6. The number of aliphatic hydroxyl groups excluding tert-OH is 6. The first-order valence-electron chi connectivity index (χ1n) is 12.4. The maximum atomic E-state index is 12.4. The lowest BCUT2D eigenvalue weighted by atomic mass is 9.94. The quantitative estimate of drug-likeness (QED) is 0.0405. The zero-order chi connectivity index (χ0) is 32.5. The SMILES string of the molecule is N=CC(=O)NC(C(O)CCC(=O)O)C(OCOP(=O)(O)OC[C@H]1O[C@@H](n2ccc(N)nc2=O)[C@@H](O)[C@H]1O)[C@H](O)[C@H](O)CO. The molecule has 12 N–H and O–H groups in total. The Balaban J connectivity index is 2.09. The zero-order valence-electron chi connectivity index (χ0n) is 22.2. The van der Waals surface area contributed by atoms with Crippen LogP contribution >= 0.6 is 7.82 Å². The van der Waals surface area contributed by atoms with Gasteiger partial charge in [0.05, 0.1) is 31.6 Å². The molecule has 0 saturated carbocycles. The van der Waals surface area contributed by atoms with E-state index in [1.54, 1.807) is 0 Å². The molecule has 43 heavy (non-hydrogen) atoms. The highest BCUT2D eigenvalue weighted by molar-refractivity contribution is 7.47. The Kier molecular flexibility index (Phi) is 13.7. The van der Waals surface area contributed by atoms with Crippen LogP contribution in [-0.2, 0) is 32.7 Å². The molecule has 2 heterocycles. The second-order valence-corrected chi connectivity index (χ2v) is 10.6. The summed E-state index contributed by atoms with van der Waals surface area (Å²) in [5.74, 6) is -2.59. The number of carboxylic acids is 1. The molecule has 1 aromatic heterocycles. The second kappa shape index (κ2) is 16.2. The van der Waals surface area contributed by atoms with Crippen LogP contribution in [0.3, 0.4) is 0 Å². The van der Waals surface area contributed by atoms with Crippen LogP contribution in [0.1, 0.15) is 19.1 Å². The molecule has 21 nitrogen and oxygen atoms in total. The molecule has 244 valence electrons. The predicted octanol–water partition coefficient (Wildman–Crippen LogP) is -5.00. The molecular formula is C21H34N5O16P.